The number of amides is 1. The van der Waals surface area contributed by atoms with E-state index in [9.17, 15) is 4.79 Å². The van der Waals surface area contributed by atoms with Crippen LogP contribution in [0.5, 0.6) is 0 Å². The summed E-state index contributed by atoms with van der Waals surface area (Å²) >= 11 is 0. The Morgan fingerprint density at radius 1 is 1.35 bits per heavy atom. The van der Waals surface area contributed by atoms with Gasteiger partial charge >= 0.3 is 0 Å². The third kappa shape index (κ3) is 3.16. The Balaban J connectivity index is 1.91. The first-order valence-electron chi connectivity index (χ1n) is 7.87. The Hall–Kier alpha value is -2.49. The molecule has 1 unspecified atom stereocenters. The van der Waals surface area contributed by atoms with E-state index in [4.69, 9.17) is 9.15 Å². The first-order valence-corrected chi connectivity index (χ1v) is 7.87. The molecule has 0 radical (unpaired) electrons. The Labute approximate surface area is 135 Å². The van der Waals surface area contributed by atoms with Crippen LogP contribution in [-0.2, 0) is 9.53 Å². The van der Waals surface area contributed by atoms with Gasteiger partial charge in [-0.1, -0.05) is 24.3 Å². The van der Waals surface area contributed by atoms with E-state index in [1.54, 1.807) is 7.05 Å². The Morgan fingerprint density at radius 3 is 2.83 bits per heavy atom. The van der Waals surface area contributed by atoms with Crippen LogP contribution in [0.4, 0.5) is 0 Å². The molecule has 23 heavy (non-hydrogen) atoms. The Morgan fingerprint density at radius 2 is 2.13 bits per heavy atom. The highest BCUT2D eigenvalue weighted by atomic mass is 16.5. The second-order valence-corrected chi connectivity index (χ2v) is 5.94. The van der Waals surface area contributed by atoms with Gasteiger partial charge in [-0.25, -0.2) is 0 Å². The first-order chi connectivity index (χ1) is 11.1. The molecule has 2 aromatic rings. The zero-order valence-electron chi connectivity index (χ0n) is 13.6. The molecule has 0 saturated carbocycles. The molecule has 1 N–H and O–H groups in total. The number of allylic oxidation sites excluding steroid dienone is 2. The zero-order valence-corrected chi connectivity index (χ0v) is 13.6. The molecule has 120 valence electrons. The van der Waals surface area contributed by atoms with Crippen molar-refractivity contribution in [3.05, 3.63) is 59.6 Å². The smallest absolute Gasteiger partial charge is 0.250 e. The molecule has 1 amide bonds. The zero-order chi connectivity index (χ0) is 16.4. The van der Waals surface area contributed by atoms with Crippen LogP contribution in [0.15, 0.2) is 58.2 Å². The second-order valence-electron chi connectivity index (χ2n) is 5.94. The van der Waals surface area contributed by atoms with Crippen molar-refractivity contribution in [1.82, 2.24) is 5.32 Å². The number of hydrogen-bond acceptors (Lipinski definition) is 3. The average Bonchev–Trinajstić information content (AvgIpc) is 2.98. The predicted octanol–water partition coefficient (Wildman–Crippen LogP) is 3.90. The highest BCUT2D eigenvalue weighted by molar-refractivity contribution is 5.94. The minimum atomic E-state index is -0.105. The summed E-state index contributed by atoms with van der Waals surface area (Å²) in [6.07, 6.45) is 4.52. The third-order valence-corrected chi connectivity index (χ3v) is 3.88. The van der Waals surface area contributed by atoms with Gasteiger partial charge in [0, 0.05) is 18.4 Å². The van der Waals surface area contributed by atoms with Crippen LogP contribution in [0, 0.1) is 0 Å². The van der Waals surface area contributed by atoms with Gasteiger partial charge in [0.05, 0.1) is 11.7 Å². The molecule has 1 aliphatic rings. The van der Waals surface area contributed by atoms with Crippen LogP contribution >= 0.6 is 0 Å². The van der Waals surface area contributed by atoms with Crippen LogP contribution in [0.3, 0.4) is 0 Å². The molecule has 0 saturated heterocycles. The van der Waals surface area contributed by atoms with Crippen LogP contribution in [0.1, 0.15) is 31.9 Å². The monoisotopic (exact) mass is 311 g/mol. The molecule has 1 aromatic carbocycles. The van der Waals surface area contributed by atoms with Crippen molar-refractivity contribution in [3.63, 3.8) is 0 Å². The molecule has 0 bridgehead atoms. The van der Waals surface area contributed by atoms with Crippen molar-refractivity contribution in [2.24, 2.45) is 0 Å². The van der Waals surface area contributed by atoms with Crippen LogP contribution in [-0.4, -0.2) is 19.1 Å². The number of carbonyl (C=O) groups excluding carboxylic acids is 1. The molecule has 4 heteroatoms. The van der Waals surface area contributed by atoms with E-state index in [1.807, 2.05) is 56.3 Å². The van der Waals surface area contributed by atoms with E-state index >= 15 is 0 Å². The lowest BCUT2D eigenvalue weighted by Gasteiger charge is -2.22. The number of carbonyl (C=O) groups is 1. The normalized spacial score (nSPS) is 17.8. The minimum absolute atomic E-state index is 0.0251. The summed E-state index contributed by atoms with van der Waals surface area (Å²) in [5.74, 6) is 1.44. The number of ether oxygens (including phenoxy) is 1. The summed E-state index contributed by atoms with van der Waals surface area (Å²) in [7, 11) is 1.64. The van der Waals surface area contributed by atoms with Crippen molar-refractivity contribution in [2.45, 2.75) is 32.3 Å². The fourth-order valence-corrected chi connectivity index (χ4v) is 2.79. The fraction of sp³-hybridized carbons (Fsp3) is 0.316. The number of benzene rings is 1. The van der Waals surface area contributed by atoms with Gasteiger partial charge in [0.1, 0.15) is 17.1 Å². The molecule has 0 fully saturated rings. The summed E-state index contributed by atoms with van der Waals surface area (Å²) in [5, 5.41) is 3.77. The summed E-state index contributed by atoms with van der Waals surface area (Å²) in [6.45, 7) is 3.90. The van der Waals surface area contributed by atoms with Gasteiger partial charge < -0.3 is 14.5 Å². The van der Waals surface area contributed by atoms with Gasteiger partial charge in [0.15, 0.2) is 0 Å². The lowest BCUT2D eigenvalue weighted by Crippen LogP contribution is -2.24. The maximum atomic E-state index is 12.2. The highest BCUT2D eigenvalue weighted by Crippen LogP contribution is 2.35. The Bertz CT molecular complexity index is 750. The summed E-state index contributed by atoms with van der Waals surface area (Å²) in [6, 6.07) is 9.96. The van der Waals surface area contributed by atoms with Gasteiger partial charge in [-0.15, -0.1) is 0 Å². The van der Waals surface area contributed by atoms with Crippen molar-refractivity contribution in [1.29, 1.82) is 0 Å². The molecule has 1 heterocycles. The molecule has 1 atom stereocenters. The van der Waals surface area contributed by atoms with E-state index in [2.05, 4.69) is 5.32 Å². The number of nitrogens with one attached hydrogen (secondary N) is 1. The SMILES string of the molecule is CNC(=O)C1=C(OC(C)C)C=CC(c2cc3ccccc3o2)C1. The molecule has 0 spiro atoms. The Kier molecular flexibility index (Phi) is 4.24. The van der Waals surface area contributed by atoms with Gasteiger partial charge in [-0.2, -0.15) is 0 Å². The number of para-hydroxylation sites is 1. The first kappa shape index (κ1) is 15.4. The highest BCUT2D eigenvalue weighted by Gasteiger charge is 2.26. The van der Waals surface area contributed by atoms with Gasteiger partial charge in [0.2, 0.25) is 0 Å². The maximum absolute atomic E-state index is 12.2. The van der Waals surface area contributed by atoms with E-state index in [0.717, 1.165) is 16.7 Å². The molecule has 1 aliphatic carbocycles. The molecule has 3 rings (SSSR count). The largest absolute Gasteiger partial charge is 0.491 e. The van der Waals surface area contributed by atoms with Crippen LogP contribution in [0.25, 0.3) is 11.0 Å². The number of rotatable bonds is 4. The van der Waals surface area contributed by atoms with Gasteiger partial charge in [-0.05, 0) is 38.5 Å². The number of likely N-dealkylation sites (N-methyl/N-ethyl adjacent to an activating group) is 1. The topological polar surface area (TPSA) is 51.5 Å². The number of fused-ring (bicyclic) bond motifs is 1. The molecule has 4 nitrogen and oxygen atoms in total. The lowest BCUT2D eigenvalue weighted by molar-refractivity contribution is -0.117. The van der Waals surface area contributed by atoms with Crippen molar-refractivity contribution < 1.29 is 13.9 Å². The summed E-state index contributed by atoms with van der Waals surface area (Å²) < 4.78 is 11.7. The fourth-order valence-electron chi connectivity index (χ4n) is 2.79. The average molecular weight is 311 g/mol. The van der Waals surface area contributed by atoms with E-state index in [1.165, 1.54) is 0 Å². The summed E-state index contributed by atoms with van der Waals surface area (Å²) in [5.41, 5.74) is 1.53. The molecule has 0 aliphatic heterocycles. The van der Waals surface area contributed by atoms with Crippen LogP contribution < -0.4 is 5.32 Å². The molecular formula is C19H21NO3. The minimum Gasteiger partial charge on any atom is -0.491 e. The van der Waals surface area contributed by atoms with Gasteiger partial charge in [-0.3, -0.25) is 4.79 Å². The van der Waals surface area contributed by atoms with Crippen molar-refractivity contribution in [3.8, 4) is 0 Å². The molecular weight excluding hydrogens is 290 g/mol. The standard InChI is InChI=1S/C19H21NO3/c1-12(2)22-17-9-8-14(10-15(17)19(21)20-3)18-11-13-6-4-5-7-16(13)23-18/h4-9,11-12,14H,10H2,1-3H3,(H,20,21). The van der Waals surface area contributed by atoms with E-state index < -0.39 is 0 Å². The lowest BCUT2D eigenvalue weighted by atomic mass is 9.90. The molecule has 1 aromatic heterocycles. The second kappa shape index (κ2) is 6.32. The third-order valence-electron chi connectivity index (χ3n) is 3.88. The van der Waals surface area contributed by atoms with Crippen LogP contribution in [0.2, 0.25) is 0 Å². The number of hydrogen-bond donors (Lipinski definition) is 1. The number of furan rings is 1. The maximum Gasteiger partial charge on any atom is 0.250 e. The van der Waals surface area contributed by atoms with E-state index in [-0.39, 0.29) is 17.9 Å². The predicted molar refractivity (Wildman–Crippen MR) is 90.0 cm³/mol. The van der Waals surface area contributed by atoms with Crippen molar-refractivity contribution in [2.75, 3.05) is 7.05 Å². The van der Waals surface area contributed by atoms with E-state index in [0.29, 0.717) is 17.8 Å². The van der Waals surface area contributed by atoms with Gasteiger partial charge in [0.25, 0.3) is 5.91 Å². The van der Waals surface area contributed by atoms with Crippen molar-refractivity contribution >= 4 is 16.9 Å². The summed E-state index contributed by atoms with van der Waals surface area (Å²) in [4.78, 5) is 12.2. The quantitative estimate of drug-likeness (QED) is 0.931.